The summed E-state index contributed by atoms with van der Waals surface area (Å²) in [6, 6.07) is 12.0. The molecule has 0 heterocycles. The molecule has 0 amide bonds. The monoisotopic (exact) mass is 538 g/mol. The number of carbonyl (C=O) groups excluding carboxylic acids is 4. The number of hydrogen-bond acceptors (Lipinski definition) is 14. The van der Waals surface area contributed by atoms with E-state index < -0.39 is 24.2 Å². The van der Waals surface area contributed by atoms with E-state index in [1.807, 2.05) is 13.8 Å². The molecule has 0 aliphatic rings. The molecule has 14 nitrogen and oxygen atoms in total. The first kappa shape index (κ1) is 29.7. The Hall–Kier alpha value is -4.56. The summed E-state index contributed by atoms with van der Waals surface area (Å²) in [6.07, 6.45) is -1.98. The summed E-state index contributed by atoms with van der Waals surface area (Å²) in [5.41, 5.74) is 0.278. The summed E-state index contributed by atoms with van der Waals surface area (Å²) in [6.45, 7) is 4.35. The molecule has 0 saturated heterocycles. The largest absolute Gasteiger partial charge is 0.543 e. The lowest BCUT2D eigenvalue weighted by atomic mass is 10.2. The van der Waals surface area contributed by atoms with Crippen LogP contribution >= 0.6 is 0 Å². The topological polar surface area (TPSA) is 161 Å². The Morgan fingerprint density at radius 2 is 0.921 bits per heavy atom. The molecule has 0 aliphatic heterocycles. The van der Waals surface area contributed by atoms with E-state index in [2.05, 4.69) is 39.1 Å². The minimum Gasteiger partial charge on any atom is -0.494 e. The fraction of sp³-hybridized carbons (Fsp3) is 0.333. The molecule has 2 rings (SSSR count). The fourth-order valence-electron chi connectivity index (χ4n) is 2.52. The van der Waals surface area contributed by atoms with Crippen LogP contribution < -0.4 is 9.47 Å². The van der Waals surface area contributed by atoms with Crippen LogP contribution in [0, 0.1) is 0 Å². The third-order valence-electron chi connectivity index (χ3n) is 4.20. The second kappa shape index (κ2) is 17.0. The number of ether oxygens (including phenoxy) is 4. The van der Waals surface area contributed by atoms with Gasteiger partial charge in [-0.25, -0.2) is 29.0 Å². The smallest absolute Gasteiger partial charge is 0.494 e. The first-order valence-corrected chi connectivity index (χ1v) is 11.3. The second-order valence-corrected chi connectivity index (χ2v) is 6.86. The van der Waals surface area contributed by atoms with Crippen molar-refractivity contribution >= 4 is 24.2 Å². The van der Waals surface area contributed by atoms with Gasteiger partial charge >= 0.3 is 24.2 Å². The van der Waals surface area contributed by atoms with Gasteiger partial charge in [0.15, 0.2) is 0 Å². The van der Waals surface area contributed by atoms with Crippen molar-refractivity contribution in [3.63, 3.8) is 0 Å². The third kappa shape index (κ3) is 11.5. The van der Waals surface area contributed by atoms with Crippen LogP contribution in [-0.2, 0) is 39.1 Å². The molecule has 0 bridgehead atoms. The SMILES string of the molecule is CCOc1ccc(C(=O)OOOC(=O)OCCCCOC(=O)OOOC(=O)c2ccc(OCC)cc2)cc1. The summed E-state index contributed by atoms with van der Waals surface area (Å²) in [4.78, 5) is 63.3. The Bertz CT molecular complexity index is 936. The molecule has 206 valence electrons. The van der Waals surface area contributed by atoms with E-state index in [1.54, 1.807) is 24.3 Å². The van der Waals surface area contributed by atoms with Gasteiger partial charge in [0.1, 0.15) is 11.5 Å². The standard InChI is InChI=1S/C24H26O14/c1-3-29-19-11-7-17(8-12-19)21(25)33-37-35-23(27)31-15-5-6-16-32-24(28)36-38-34-22(26)18-9-13-20(14-10-18)30-4-2/h7-14H,3-6,15-16H2,1-2H3. The average molecular weight is 538 g/mol. The van der Waals surface area contributed by atoms with Crippen LogP contribution in [0.15, 0.2) is 48.5 Å². The highest BCUT2D eigenvalue weighted by Gasteiger charge is 2.14. The molecular weight excluding hydrogens is 512 g/mol. The molecule has 38 heavy (non-hydrogen) atoms. The van der Waals surface area contributed by atoms with Gasteiger partial charge in [-0.1, -0.05) is 0 Å². The van der Waals surface area contributed by atoms with Crippen LogP contribution in [0.3, 0.4) is 0 Å². The van der Waals surface area contributed by atoms with Crippen molar-refractivity contribution in [2.75, 3.05) is 26.4 Å². The van der Waals surface area contributed by atoms with Gasteiger partial charge < -0.3 is 18.9 Å². The molecule has 2 aromatic rings. The van der Waals surface area contributed by atoms with Crippen LogP contribution in [0.2, 0.25) is 0 Å². The van der Waals surface area contributed by atoms with Crippen LogP contribution in [0.1, 0.15) is 47.4 Å². The number of unbranched alkanes of at least 4 members (excludes halogenated alkanes) is 1. The molecular formula is C24H26O14. The van der Waals surface area contributed by atoms with E-state index in [9.17, 15) is 19.2 Å². The molecule has 0 aliphatic carbocycles. The Morgan fingerprint density at radius 1 is 0.553 bits per heavy atom. The zero-order valence-electron chi connectivity index (χ0n) is 20.6. The van der Waals surface area contributed by atoms with E-state index in [0.717, 1.165) is 0 Å². The van der Waals surface area contributed by atoms with E-state index in [1.165, 1.54) is 24.3 Å². The van der Waals surface area contributed by atoms with Crippen molar-refractivity contribution in [2.24, 2.45) is 0 Å². The maximum Gasteiger partial charge on any atom is 0.543 e. The van der Waals surface area contributed by atoms with Crippen molar-refractivity contribution in [3.05, 3.63) is 59.7 Å². The van der Waals surface area contributed by atoms with Crippen LogP contribution in [-0.4, -0.2) is 50.7 Å². The van der Waals surface area contributed by atoms with Crippen molar-refractivity contribution in [3.8, 4) is 11.5 Å². The normalized spacial score (nSPS) is 10.1. The molecule has 0 aromatic heterocycles. The summed E-state index contributed by atoms with van der Waals surface area (Å²) < 4.78 is 19.9. The maximum atomic E-state index is 11.8. The van der Waals surface area contributed by atoms with Gasteiger partial charge in [-0.3, -0.25) is 9.78 Å². The van der Waals surface area contributed by atoms with E-state index in [4.69, 9.17) is 9.47 Å². The summed E-state index contributed by atoms with van der Waals surface area (Å²) in [5, 5.41) is 8.20. The lowest BCUT2D eigenvalue weighted by Crippen LogP contribution is -2.14. The molecule has 0 saturated carbocycles. The predicted molar refractivity (Wildman–Crippen MR) is 122 cm³/mol. The Morgan fingerprint density at radius 3 is 1.26 bits per heavy atom. The van der Waals surface area contributed by atoms with Crippen molar-refractivity contribution in [1.82, 2.24) is 0 Å². The maximum absolute atomic E-state index is 11.8. The zero-order valence-corrected chi connectivity index (χ0v) is 20.6. The van der Waals surface area contributed by atoms with Crippen LogP contribution in [0.25, 0.3) is 0 Å². The minimum absolute atomic E-state index is 0.121. The molecule has 14 heteroatoms. The molecule has 0 unspecified atom stereocenters. The quantitative estimate of drug-likeness (QED) is 0.137. The van der Waals surface area contributed by atoms with Gasteiger partial charge in [-0.15, -0.1) is 0 Å². The predicted octanol–water partition coefficient (Wildman–Crippen LogP) is 4.28. The lowest BCUT2D eigenvalue weighted by molar-refractivity contribution is -0.452. The van der Waals surface area contributed by atoms with E-state index >= 15 is 0 Å². The van der Waals surface area contributed by atoms with Gasteiger partial charge in [0.2, 0.25) is 0 Å². The second-order valence-electron chi connectivity index (χ2n) is 6.86. The van der Waals surface area contributed by atoms with Crippen molar-refractivity contribution in [2.45, 2.75) is 26.7 Å². The first-order valence-electron chi connectivity index (χ1n) is 11.3. The minimum atomic E-state index is -1.26. The highest BCUT2D eigenvalue weighted by molar-refractivity contribution is 5.89. The third-order valence-corrected chi connectivity index (χ3v) is 4.20. The van der Waals surface area contributed by atoms with Crippen molar-refractivity contribution in [1.29, 1.82) is 0 Å². The Labute approximate surface area is 216 Å². The fourth-order valence-corrected chi connectivity index (χ4v) is 2.52. The first-order chi connectivity index (χ1) is 18.4. The van der Waals surface area contributed by atoms with E-state index in [-0.39, 0.29) is 37.2 Å². The Kier molecular flexibility index (Phi) is 13.3. The lowest BCUT2D eigenvalue weighted by Gasteiger charge is -2.06. The molecule has 2 aromatic carbocycles. The van der Waals surface area contributed by atoms with Gasteiger partial charge in [0.05, 0.1) is 47.6 Å². The molecule has 0 spiro atoms. The zero-order chi connectivity index (χ0) is 27.6. The number of carbonyl (C=O) groups is 4. The van der Waals surface area contributed by atoms with Crippen LogP contribution in [0.4, 0.5) is 9.59 Å². The van der Waals surface area contributed by atoms with Gasteiger partial charge in [-0.05, 0) is 75.2 Å². The van der Waals surface area contributed by atoms with Crippen molar-refractivity contribution < 1.29 is 67.8 Å². The molecule has 0 radical (unpaired) electrons. The number of rotatable bonds is 15. The van der Waals surface area contributed by atoms with Gasteiger partial charge in [0, 0.05) is 0 Å². The van der Waals surface area contributed by atoms with Crippen LogP contribution in [0.5, 0.6) is 11.5 Å². The molecule has 0 N–H and O–H groups in total. The average Bonchev–Trinajstić information content (AvgIpc) is 2.91. The number of benzene rings is 2. The Balaban J connectivity index is 1.47. The summed E-state index contributed by atoms with van der Waals surface area (Å²) in [5.74, 6) is -0.663. The van der Waals surface area contributed by atoms with Gasteiger partial charge in [0.25, 0.3) is 0 Å². The molecule has 0 fully saturated rings. The summed E-state index contributed by atoms with van der Waals surface area (Å²) in [7, 11) is 0. The highest BCUT2D eigenvalue weighted by Crippen LogP contribution is 2.14. The van der Waals surface area contributed by atoms with E-state index in [0.29, 0.717) is 24.7 Å². The summed E-state index contributed by atoms with van der Waals surface area (Å²) >= 11 is 0. The van der Waals surface area contributed by atoms with Gasteiger partial charge in [-0.2, -0.15) is 0 Å². The number of hydrogen-bond donors (Lipinski definition) is 0. The molecule has 0 atom stereocenters. The highest BCUT2D eigenvalue weighted by atomic mass is 17.5.